The van der Waals surface area contributed by atoms with Crippen LogP contribution in [-0.2, 0) is 18.4 Å². The average molecular weight is 700 g/mol. The fourth-order valence-corrected chi connectivity index (χ4v) is 6.86. The van der Waals surface area contributed by atoms with Crippen LogP contribution in [0.25, 0.3) is 0 Å². The number of amides is 1. The lowest BCUT2D eigenvalue weighted by Gasteiger charge is -2.41. The molecule has 9 N–H and O–H groups in total. The van der Waals surface area contributed by atoms with Crippen LogP contribution in [0.15, 0.2) is 0 Å². The minimum absolute atomic E-state index is 0.218. The molecule has 0 spiro atoms. The van der Waals surface area contributed by atoms with Crippen molar-refractivity contribution in [3.8, 4) is 0 Å². The van der Waals surface area contributed by atoms with Crippen LogP contribution in [0, 0.1) is 0 Å². The van der Waals surface area contributed by atoms with Gasteiger partial charge in [0.2, 0.25) is 5.91 Å². The van der Waals surface area contributed by atoms with E-state index in [0.717, 1.165) is 57.8 Å². The quantitative estimate of drug-likeness (QED) is 0.0423. The number of nitrogens with one attached hydrogen (secondary N) is 1. The molecule has 14 heteroatoms. The van der Waals surface area contributed by atoms with Crippen molar-refractivity contribution in [3.05, 3.63) is 0 Å². The number of carbonyl (C=O) groups is 1. The Morgan fingerprint density at radius 1 is 0.660 bits per heavy atom. The predicted molar refractivity (Wildman–Crippen MR) is 178 cm³/mol. The van der Waals surface area contributed by atoms with Crippen molar-refractivity contribution in [1.29, 1.82) is 0 Å². The Morgan fingerprint density at radius 2 is 1.06 bits per heavy atom. The van der Waals surface area contributed by atoms with Crippen molar-refractivity contribution in [2.45, 2.75) is 197 Å². The highest BCUT2D eigenvalue weighted by molar-refractivity contribution is 7.47. The first kappa shape index (κ1) is 44.3. The molecular formula is C33H66NO12P. The van der Waals surface area contributed by atoms with Crippen molar-refractivity contribution in [2.24, 2.45) is 0 Å². The van der Waals surface area contributed by atoms with Gasteiger partial charge in [0.05, 0.1) is 31.3 Å². The molecule has 1 aliphatic rings. The van der Waals surface area contributed by atoms with Gasteiger partial charge in [-0.05, 0) is 12.8 Å². The zero-order valence-corrected chi connectivity index (χ0v) is 29.6. The monoisotopic (exact) mass is 699 g/mol. The molecule has 280 valence electrons. The van der Waals surface area contributed by atoms with Gasteiger partial charge < -0.3 is 46.0 Å². The summed E-state index contributed by atoms with van der Waals surface area (Å²) >= 11 is 0. The summed E-state index contributed by atoms with van der Waals surface area (Å²) in [7, 11) is -5.09. The first-order valence-electron chi connectivity index (χ1n) is 18.1. The first-order valence-corrected chi connectivity index (χ1v) is 19.6. The van der Waals surface area contributed by atoms with E-state index in [1.165, 1.54) is 44.9 Å². The van der Waals surface area contributed by atoms with E-state index in [4.69, 9.17) is 9.05 Å². The Morgan fingerprint density at radius 3 is 1.53 bits per heavy atom. The Balaban J connectivity index is 2.67. The standard InChI is InChI=1S/C33H66NO12P/c1-3-5-7-9-11-13-14-16-18-20-24(35)22-27(37)34-25(26(36)21-19-17-15-12-10-8-6-4-2)23-45-47(43,44)46-33-31(41)29(39)28(38)30(40)32(33)42/h24-26,28-33,35-36,38-42H,3-23H2,1-2H3,(H,34,37)(H,43,44). The van der Waals surface area contributed by atoms with Crippen molar-refractivity contribution >= 4 is 13.7 Å². The SMILES string of the molecule is CCCCCCCCCCCC(O)CC(=O)NC(COP(=O)(O)OC1C(O)C(O)C(O)C(O)C1O)C(O)CCCCCCCCCC. The molecule has 0 aromatic rings. The minimum atomic E-state index is -5.09. The van der Waals surface area contributed by atoms with Gasteiger partial charge in [0.15, 0.2) is 0 Å². The van der Waals surface area contributed by atoms with Crippen molar-refractivity contribution in [2.75, 3.05) is 6.61 Å². The van der Waals surface area contributed by atoms with Gasteiger partial charge in [0.1, 0.15) is 36.6 Å². The number of aliphatic hydroxyl groups is 7. The lowest BCUT2D eigenvalue weighted by atomic mass is 9.85. The number of hydrogen-bond donors (Lipinski definition) is 9. The largest absolute Gasteiger partial charge is 0.472 e. The van der Waals surface area contributed by atoms with Gasteiger partial charge in [-0.15, -0.1) is 0 Å². The summed E-state index contributed by atoms with van der Waals surface area (Å²) in [6.07, 6.45) is 5.01. The number of phosphoric acid groups is 1. The summed E-state index contributed by atoms with van der Waals surface area (Å²) in [5.74, 6) is -0.566. The molecule has 1 amide bonds. The summed E-state index contributed by atoms with van der Waals surface area (Å²) < 4.78 is 22.7. The Kier molecular flexibility index (Phi) is 23.8. The second-order valence-corrected chi connectivity index (χ2v) is 14.7. The van der Waals surface area contributed by atoms with E-state index in [1.807, 2.05) is 0 Å². The van der Waals surface area contributed by atoms with E-state index in [9.17, 15) is 50.0 Å². The highest BCUT2D eigenvalue weighted by Crippen LogP contribution is 2.47. The maximum atomic E-state index is 12.8. The van der Waals surface area contributed by atoms with Crippen LogP contribution in [0.5, 0.6) is 0 Å². The Bertz CT molecular complexity index is 838. The predicted octanol–water partition coefficient (Wildman–Crippen LogP) is 3.36. The van der Waals surface area contributed by atoms with Gasteiger partial charge >= 0.3 is 7.82 Å². The summed E-state index contributed by atoms with van der Waals surface area (Å²) in [6, 6.07) is -1.14. The number of hydrogen-bond acceptors (Lipinski definition) is 11. The molecule has 1 rings (SSSR count). The number of rotatable bonds is 28. The summed E-state index contributed by atoms with van der Waals surface area (Å²) in [6.45, 7) is 3.66. The molecule has 13 nitrogen and oxygen atoms in total. The number of carbonyl (C=O) groups excluding carboxylic acids is 1. The molecule has 0 saturated heterocycles. The molecule has 8 unspecified atom stereocenters. The number of aliphatic hydroxyl groups excluding tert-OH is 7. The van der Waals surface area contributed by atoms with E-state index in [1.54, 1.807) is 0 Å². The van der Waals surface area contributed by atoms with Gasteiger partial charge in [-0.25, -0.2) is 4.57 Å². The van der Waals surface area contributed by atoms with Crippen LogP contribution in [0.2, 0.25) is 0 Å². The maximum Gasteiger partial charge on any atom is 0.472 e. The summed E-state index contributed by atoms with van der Waals surface area (Å²) in [4.78, 5) is 23.1. The average Bonchev–Trinajstić information content (AvgIpc) is 3.03. The minimum Gasteiger partial charge on any atom is -0.393 e. The van der Waals surface area contributed by atoms with E-state index in [-0.39, 0.29) is 12.8 Å². The second kappa shape index (κ2) is 25.3. The van der Waals surface area contributed by atoms with E-state index < -0.39 is 75.2 Å². The third-order valence-corrected chi connectivity index (χ3v) is 9.96. The summed E-state index contributed by atoms with van der Waals surface area (Å²) in [5.41, 5.74) is 0. The highest BCUT2D eigenvalue weighted by Gasteiger charge is 2.51. The van der Waals surface area contributed by atoms with E-state index >= 15 is 0 Å². The number of unbranched alkanes of at least 4 members (excludes halogenated alkanes) is 15. The van der Waals surface area contributed by atoms with Crippen LogP contribution in [0.1, 0.15) is 142 Å². The van der Waals surface area contributed by atoms with Gasteiger partial charge in [0, 0.05) is 0 Å². The molecule has 1 aliphatic carbocycles. The smallest absolute Gasteiger partial charge is 0.393 e. The zero-order valence-electron chi connectivity index (χ0n) is 28.7. The molecule has 1 saturated carbocycles. The lowest BCUT2D eigenvalue weighted by molar-refractivity contribution is -0.220. The summed E-state index contributed by atoms with van der Waals surface area (Å²) in [5, 5.41) is 73.8. The Labute approximate surface area is 281 Å². The normalized spacial score (nSPS) is 26.4. The van der Waals surface area contributed by atoms with Crippen LogP contribution in [0.3, 0.4) is 0 Å². The van der Waals surface area contributed by atoms with Gasteiger partial charge in [-0.3, -0.25) is 13.8 Å². The molecule has 8 atom stereocenters. The van der Waals surface area contributed by atoms with Crippen LogP contribution in [-0.4, -0.2) is 108 Å². The van der Waals surface area contributed by atoms with Crippen molar-refractivity contribution < 1.29 is 59.0 Å². The third-order valence-electron chi connectivity index (χ3n) is 8.97. The number of phosphoric ester groups is 1. The molecule has 0 aromatic heterocycles. The van der Waals surface area contributed by atoms with E-state index in [0.29, 0.717) is 12.8 Å². The van der Waals surface area contributed by atoms with Crippen molar-refractivity contribution in [3.63, 3.8) is 0 Å². The zero-order chi connectivity index (χ0) is 35.2. The molecule has 0 aromatic carbocycles. The molecule has 0 heterocycles. The maximum absolute atomic E-state index is 12.8. The first-order chi connectivity index (χ1) is 22.3. The van der Waals surface area contributed by atoms with Crippen LogP contribution in [0.4, 0.5) is 0 Å². The van der Waals surface area contributed by atoms with E-state index in [2.05, 4.69) is 19.2 Å². The van der Waals surface area contributed by atoms with Gasteiger partial charge in [0.25, 0.3) is 0 Å². The fraction of sp³-hybridized carbons (Fsp3) is 0.970. The molecule has 47 heavy (non-hydrogen) atoms. The second-order valence-electron chi connectivity index (χ2n) is 13.3. The fourth-order valence-electron chi connectivity index (χ4n) is 5.89. The Hall–Kier alpha value is -0.700. The lowest BCUT2D eigenvalue weighted by Crippen LogP contribution is -2.64. The molecule has 0 aliphatic heterocycles. The van der Waals surface area contributed by atoms with Gasteiger partial charge in [-0.2, -0.15) is 0 Å². The highest BCUT2D eigenvalue weighted by atomic mass is 31.2. The molecule has 0 bridgehead atoms. The molecule has 1 fully saturated rings. The van der Waals surface area contributed by atoms with Crippen LogP contribution >= 0.6 is 7.82 Å². The molecular weight excluding hydrogens is 633 g/mol. The van der Waals surface area contributed by atoms with Gasteiger partial charge in [-0.1, -0.05) is 123 Å². The topological polar surface area (TPSA) is 226 Å². The molecule has 0 radical (unpaired) electrons. The van der Waals surface area contributed by atoms with Crippen molar-refractivity contribution in [1.82, 2.24) is 5.32 Å². The third kappa shape index (κ3) is 18.8. The van der Waals surface area contributed by atoms with Crippen LogP contribution < -0.4 is 5.32 Å².